The lowest BCUT2D eigenvalue weighted by Gasteiger charge is -2.43. The highest BCUT2D eigenvalue weighted by molar-refractivity contribution is 6.43. The van der Waals surface area contributed by atoms with Gasteiger partial charge in [0, 0.05) is 18.2 Å². The van der Waals surface area contributed by atoms with Gasteiger partial charge in [-0.15, -0.1) is 0 Å². The molecular formula is C14H19Cl2N2+. The highest BCUT2D eigenvalue weighted by Gasteiger charge is 2.36. The molecule has 3 rings (SSSR count). The van der Waals surface area contributed by atoms with Crippen LogP contribution in [0.4, 0.5) is 5.69 Å². The Labute approximate surface area is 130 Å². The Morgan fingerprint density at radius 3 is 2.44 bits per heavy atom. The van der Waals surface area contributed by atoms with Crippen LogP contribution < -0.4 is 4.90 Å². The van der Waals surface area contributed by atoms with Crippen LogP contribution in [0.1, 0.15) is 23.7 Å². The van der Waals surface area contributed by atoms with Gasteiger partial charge in [-0.3, -0.25) is 0 Å². The summed E-state index contributed by atoms with van der Waals surface area (Å²) < 4.78 is 64.3. The van der Waals surface area contributed by atoms with Gasteiger partial charge in [-0.05, 0) is 12.1 Å². The fraction of sp³-hybridized carbons (Fsp3) is 0.571. The molecule has 2 saturated heterocycles. The van der Waals surface area contributed by atoms with Crippen molar-refractivity contribution in [3.8, 4) is 0 Å². The molecular weight excluding hydrogens is 267 g/mol. The van der Waals surface area contributed by atoms with E-state index in [0.717, 1.165) is 0 Å². The normalized spacial score (nSPS) is 40.4. The minimum atomic E-state index is -2.97. The van der Waals surface area contributed by atoms with Crippen molar-refractivity contribution in [1.82, 2.24) is 0 Å². The number of piperazine rings is 1. The predicted octanol–water partition coefficient (Wildman–Crippen LogP) is 3.42. The Balaban J connectivity index is 1.98. The molecule has 0 bridgehead atoms. The van der Waals surface area contributed by atoms with E-state index in [1.807, 2.05) is 4.90 Å². The second-order valence-electron chi connectivity index (χ2n) is 4.45. The Kier molecular flexibility index (Phi) is 1.73. The molecule has 0 aliphatic carbocycles. The number of halogens is 2. The fourth-order valence-corrected chi connectivity index (χ4v) is 2.72. The molecule has 2 fully saturated rings. The first-order valence-electron chi connectivity index (χ1n) is 9.81. The lowest BCUT2D eigenvalue weighted by atomic mass is 10.2. The van der Waals surface area contributed by atoms with Crippen molar-refractivity contribution in [2.45, 2.75) is 12.7 Å². The van der Waals surface area contributed by atoms with Gasteiger partial charge in [-0.1, -0.05) is 29.3 Å². The van der Waals surface area contributed by atoms with Crippen molar-refractivity contribution < 1.29 is 15.4 Å². The largest absolute Gasteiger partial charge is 0.359 e. The molecule has 0 N–H and O–H groups in total. The lowest BCUT2D eigenvalue weighted by molar-refractivity contribution is -0.917. The van der Waals surface area contributed by atoms with Crippen molar-refractivity contribution in [3.63, 3.8) is 0 Å². The number of nitrogens with zero attached hydrogens (tertiary/aromatic N) is 2. The van der Waals surface area contributed by atoms with Crippen LogP contribution in [0.2, 0.25) is 10.0 Å². The SMILES string of the molecule is [2H]C1([2H])C([2H])([2H])C([2H])([2H])[N+]2(CCN(c3cccc(Cl)c3Cl)CC2)C1([2H])[2H]. The smallest absolute Gasteiger partial charge is 0.0965 e. The highest BCUT2D eigenvalue weighted by atomic mass is 35.5. The molecule has 1 spiro atoms. The summed E-state index contributed by atoms with van der Waals surface area (Å²) >= 11 is 12.3. The van der Waals surface area contributed by atoms with Crippen molar-refractivity contribution in [3.05, 3.63) is 28.2 Å². The first-order valence-corrected chi connectivity index (χ1v) is 6.56. The third-order valence-corrected chi connectivity index (χ3v) is 4.19. The molecule has 1 aromatic carbocycles. The molecule has 0 amide bonds. The predicted molar refractivity (Wildman–Crippen MR) is 77.6 cm³/mol. The van der Waals surface area contributed by atoms with Crippen LogP contribution >= 0.6 is 23.2 Å². The molecule has 0 aromatic heterocycles. The molecule has 2 nitrogen and oxygen atoms in total. The molecule has 0 atom stereocenters. The zero-order chi connectivity index (χ0) is 19.8. The molecule has 4 heteroatoms. The monoisotopic (exact) mass is 293 g/mol. The maximum Gasteiger partial charge on any atom is 0.0965 e. The van der Waals surface area contributed by atoms with E-state index < -0.39 is 30.2 Å². The Morgan fingerprint density at radius 2 is 1.78 bits per heavy atom. The third kappa shape index (κ3) is 2.22. The van der Waals surface area contributed by atoms with E-state index in [2.05, 4.69) is 0 Å². The highest BCUT2D eigenvalue weighted by Crippen LogP contribution is 2.34. The molecule has 98 valence electrons. The first-order chi connectivity index (χ1) is 11.7. The van der Waals surface area contributed by atoms with Gasteiger partial charge in [0.05, 0.1) is 60.4 Å². The van der Waals surface area contributed by atoms with Crippen LogP contribution in [-0.4, -0.2) is 43.7 Å². The summed E-state index contributed by atoms with van der Waals surface area (Å²) in [5.41, 5.74) is 0.642. The first kappa shape index (κ1) is 6.34. The van der Waals surface area contributed by atoms with Gasteiger partial charge >= 0.3 is 0 Å². The van der Waals surface area contributed by atoms with Crippen LogP contribution in [-0.2, 0) is 0 Å². The van der Waals surface area contributed by atoms with Gasteiger partial charge in [0.15, 0.2) is 0 Å². The van der Waals surface area contributed by atoms with Crippen molar-refractivity contribution >= 4 is 28.9 Å². The summed E-state index contributed by atoms with van der Waals surface area (Å²) in [7, 11) is 0. The summed E-state index contributed by atoms with van der Waals surface area (Å²) in [6, 6.07) is 5.13. The van der Waals surface area contributed by atoms with E-state index in [1.165, 1.54) is 0 Å². The molecule has 2 aliphatic heterocycles. The molecule has 18 heavy (non-hydrogen) atoms. The number of anilines is 1. The zero-order valence-electron chi connectivity index (χ0n) is 17.7. The minimum absolute atomic E-state index is 0.0954. The quantitative estimate of drug-likeness (QED) is 0.717. The summed E-state index contributed by atoms with van der Waals surface area (Å²) in [5, 5.41) is 0.721. The van der Waals surface area contributed by atoms with Crippen molar-refractivity contribution in [2.75, 3.05) is 44.1 Å². The molecule has 2 aliphatic rings. The average molecular weight is 294 g/mol. The van der Waals surface area contributed by atoms with E-state index in [9.17, 15) is 0 Å². The van der Waals surface area contributed by atoms with E-state index in [1.54, 1.807) is 18.2 Å². The Hall–Kier alpha value is -0.440. The number of quaternary nitrogens is 1. The van der Waals surface area contributed by atoms with E-state index in [-0.39, 0.29) is 26.2 Å². The van der Waals surface area contributed by atoms with E-state index in [4.69, 9.17) is 34.2 Å². The van der Waals surface area contributed by atoms with Crippen LogP contribution in [0.25, 0.3) is 0 Å². The molecule has 0 saturated carbocycles. The Bertz CT molecular complexity index is 704. The zero-order valence-corrected chi connectivity index (χ0v) is 11.2. The second-order valence-corrected chi connectivity index (χ2v) is 5.23. The van der Waals surface area contributed by atoms with Crippen molar-refractivity contribution in [1.29, 1.82) is 0 Å². The number of benzene rings is 1. The number of hydrogen-bond acceptors (Lipinski definition) is 1. The second kappa shape index (κ2) is 4.92. The van der Waals surface area contributed by atoms with E-state index in [0.29, 0.717) is 15.7 Å². The van der Waals surface area contributed by atoms with Crippen LogP contribution in [0, 0.1) is 0 Å². The van der Waals surface area contributed by atoms with Gasteiger partial charge in [0.1, 0.15) is 0 Å². The maximum absolute atomic E-state index is 8.31. The van der Waals surface area contributed by atoms with Crippen LogP contribution in [0.3, 0.4) is 0 Å². The standard InChI is InChI=1S/C14H19Cl2N2/c15-12-4-3-5-13(14(12)16)17-6-10-18(11-7-17)8-1-2-9-18/h3-5H,1-2,6-11H2/q+1/i1D2,2D2,8D2,9D2. The topological polar surface area (TPSA) is 3.24 Å². The van der Waals surface area contributed by atoms with Gasteiger partial charge in [0.25, 0.3) is 0 Å². The molecule has 0 radical (unpaired) electrons. The molecule has 2 heterocycles. The lowest BCUT2D eigenvalue weighted by Crippen LogP contribution is -2.58. The van der Waals surface area contributed by atoms with Gasteiger partial charge in [0.2, 0.25) is 0 Å². The van der Waals surface area contributed by atoms with Gasteiger partial charge < -0.3 is 9.38 Å². The molecule has 0 unspecified atom stereocenters. The fourth-order valence-electron chi connectivity index (χ4n) is 2.31. The summed E-state index contributed by atoms with van der Waals surface area (Å²) in [4.78, 5) is 1.84. The van der Waals surface area contributed by atoms with Crippen molar-refractivity contribution in [2.24, 2.45) is 0 Å². The summed E-state index contributed by atoms with van der Waals surface area (Å²) in [6.07, 6.45) is -5.95. The summed E-state index contributed by atoms with van der Waals surface area (Å²) in [6.45, 7) is -5.23. The van der Waals surface area contributed by atoms with Gasteiger partial charge in [-0.25, -0.2) is 0 Å². The summed E-state index contributed by atoms with van der Waals surface area (Å²) in [5.74, 6) is 0. The minimum Gasteiger partial charge on any atom is -0.359 e. The third-order valence-electron chi connectivity index (χ3n) is 3.38. The number of hydrogen-bond donors (Lipinski definition) is 0. The van der Waals surface area contributed by atoms with E-state index >= 15 is 0 Å². The van der Waals surface area contributed by atoms with Crippen LogP contribution in [0.5, 0.6) is 0 Å². The van der Waals surface area contributed by atoms with Crippen LogP contribution in [0.15, 0.2) is 18.2 Å². The Morgan fingerprint density at radius 1 is 1.11 bits per heavy atom. The average Bonchev–Trinajstić information content (AvgIpc) is 2.61. The number of rotatable bonds is 1. The molecule has 1 aromatic rings. The maximum atomic E-state index is 8.31. The van der Waals surface area contributed by atoms with Gasteiger partial charge in [-0.2, -0.15) is 0 Å².